The molecular weight excluding hydrogens is 322 g/mol. The van der Waals surface area contributed by atoms with Crippen molar-refractivity contribution in [3.63, 3.8) is 0 Å². The van der Waals surface area contributed by atoms with E-state index in [1.807, 2.05) is 13.0 Å². The molecule has 2 aromatic heterocycles. The van der Waals surface area contributed by atoms with Crippen LogP contribution < -0.4 is 14.8 Å². The predicted molar refractivity (Wildman–Crippen MR) is 91.7 cm³/mol. The van der Waals surface area contributed by atoms with Crippen LogP contribution in [0.4, 0.5) is 0 Å². The van der Waals surface area contributed by atoms with Gasteiger partial charge >= 0.3 is 0 Å². The average Bonchev–Trinajstić information content (AvgIpc) is 3.32. The third-order valence-corrected chi connectivity index (χ3v) is 3.85. The summed E-state index contributed by atoms with van der Waals surface area (Å²) >= 11 is 0. The van der Waals surface area contributed by atoms with Gasteiger partial charge in [0.1, 0.15) is 17.2 Å². The number of methoxy groups -OCH3 is 2. The molecule has 2 N–H and O–H groups in total. The molecule has 1 unspecified atom stereocenters. The smallest absolute Gasteiger partial charge is 0.272 e. The molecule has 0 saturated carbocycles. The number of aromatic nitrogens is 2. The number of nitrogens with zero attached hydrogens (tertiary/aromatic N) is 1. The number of rotatable bonds is 6. The first-order chi connectivity index (χ1) is 12.1. The topological polar surface area (TPSA) is 89.4 Å². The maximum Gasteiger partial charge on any atom is 0.272 e. The van der Waals surface area contributed by atoms with Crippen molar-refractivity contribution in [2.24, 2.45) is 0 Å². The highest BCUT2D eigenvalue weighted by atomic mass is 16.5. The van der Waals surface area contributed by atoms with E-state index in [0.29, 0.717) is 23.0 Å². The quantitative estimate of drug-likeness (QED) is 0.719. The van der Waals surface area contributed by atoms with Gasteiger partial charge in [0, 0.05) is 11.6 Å². The van der Waals surface area contributed by atoms with Gasteiger partial charge in [-0.05, 0) is 37.3 Å². The Labute approximate surface area is 145 Å². The van der Waals surface area contributed by atoms with Gasteiger partial charge in [-0.15, -0.1) is 0 Å². The number of hydrogen-bond donors (Lipinski definition) is 2. The van der Waals surface area contributed by atoms with Gasteiger partial charge in [-0.1, -0.05) is 0 Å². The molecule has 1 atom stereocenters. The SMILES string of the molecule is COc1ccc(OC)c(C(C)NC(=O)c2cc(-c3ccco3)[nH]n2)c1. The zero-order valence-electron chi connectivity index (χ0n) is 14.2. The molecule has 3 aromatic rings. The van der Waals surface area contributed by atoms with E-state index in [4.69, 9.17) is 13.9 Å². The lowest BCUT2D eigenvalue weighted by Crippen LogP contribution is -2.27. The van der Waals surface area contributed by atoms with Gasteiger partial charge in [-0.3, -0.25) is 9.89 Å². The number of nitrogens with one attached hydrogen (secondary N) is 2. The summed E-state index contributed by atoms with van der Waals surface area (Å²) in [5.74, 6) is 1.68. The molecule has 3 rings (SSSR count). The Bertz CT molecular complexity index is 855. The number of hydrogen-bond acceptors (Lipinski definition) is 5. The predicted octanol–water partition coefficient (Wildman–Crippen LogP) is 3.18. The van der Waals surface area contributed by atoms with Crippen LogP contribution in [0.5, 0.6) is 11.5 Å². The van der Waals surface area contributed by atoms with E-state index in [1.165, 1.54) is 0 Å². The molecule has 1 amide bonds. The van der Waals surface area contributed by atoms with Gasteiger partial charge in [0.2, 0.25) is 0 Å². The third kappa shape index (κ3) is 3.50. The summed E-state index contributed by atoms with van der Waals surface area (Å²) in [5.41, 5.74) is 1.74. The first-order valence-electron chi connectivity index (χ1n) is 7.74. The number of ether oxygens (including phenoxy) is 2. The maximum absolute atomic E-state index is 12.5. The van der Waals surface area contributed by atoms with Crippen molar-refractivity contribution in [1.82, 2.24) is 15.5 Å². The summed E-state index contributed by atoms with van der Waals surface area (Å²) in [6.07, 6.45) is 1.56. The lowest BCUT2D eigenvalue weighted by Gasteiger charge is -2.17. The standard InChI is InChI=1S/C18H19N3O4/c1-11(13-9-12(23-2)6-7-16(13)24-3)19-18(22)15-10-14(20-21-15)17-5-4-8-25-17/h4-11H,1-3H3,(H,19,22)(H,20,21). The van der Waals surface area contributed by atoms with Crippen LogP contribution in [0.25, 0.3) is 11.5 Å². The summed E-state index contributed by atoms with van der Waals surface area (Å²) in [7, 11) is 3.18. The number of aromatic amines is 1. The lowest BCUT2D eigenvalue weighted by atomic mass is 10.1. The first kappa shape index (κ1) is 16.6. The van der Waals surface area contributed by atoms with E-state index in [9.17, 15) is 4.79 Å². The highest BCUT2D eigenvalue weighted by Gasteiger charge is 2.18. The summed E-state index contributed by atoms with van der Waals surface area (Å²) in [6, 6.07) is 10.4. The average molecular weight is 341 g/mol. The Morgan fingerprint density at radius 3 is 2.76 bits per heavy atom. The second-order valence-electron chi connectivity index (χ2n) is 5.45. The number of benzene rings is 1. The van der Waals surface area contributed by atoms with Crippen LogP contribution in [-0.2, 0) is 0 Å². The minimum Gasteiger partial charge on any atom is -0.497 e. The molecule has 0 saturated heterocycles. The summed E-state index contributed by atoms with van der Waals surface area (Å²) in [6.45, 7) is 1.87. The van der Waals surface area contributed by atoms with Crippen molar-refractivity contribution < 1.29 is 18.7 Å². The third-order valence-electron chi connectivity index (χ3n) is 3.85. The molecule has 2 heterocycles. The van der Waals surface area contributed by atoms with E-state index in [2.05, 4.69) is 15.5 Å². The van der Waals surface area contributed by atoms with Crippen LogP contribution >= 0.6 is 0 Å². The van der Waals surface area contributed by atoms with Crippen molar-refractivity contribution in [2.45, 2.75) is 13.0 Å². The second kappa shape index (κ2) is 7.12. The van der Waals surface area contributed by atoms with Gasteiger partial charge < -0.3 is 19.2 Å². The maximum atomic E-state index is 12.5. The Kier molecular flexibility index (Phi) is 4.74. The zero-order valence-corrected chi connectivity index (χ0v) is 14.2. The molecule has 25 heavy (non-hydrogen) atoms. The van der Waals surface area contributed by atoms with Crippen LogP contribution in [0.1, 0.15) is 29.0 Å². The largest absolute Gasteiger partial charge is 0.497 e. The molecule has 0 aliphatic rings. The monoisotopic (exact) mass is 341 g/mol. The molecule has 0 radical (unpaired) electrons. The van der Waals surface area contributed by atoms with Crippen LogP contribution in [-0.4, -0.2) is 30.3 Å². The van der Waals surface area contributed by atoms with Crippen LogP contribution in [0.15, 0.2) is 47.1 Å². The molecule has 7 heteroatoms. The van der Waals surface area contributed by atoms with Gasteiger partial charge in [0.05, 0.1) is 26.5 Å². The Morgan fingerprint density at radius 1 is 1.24 bits per heavy atom. The fraction of sp³-hybridized carbons (Fsp3) is 0.222. The fourth-order valence-electron chi connectivity index (χ4n) is 2.52. The van der Waals surface area contributed by atoms with Crippen molar-refractivity contribution in [3.05, 3.63) is 53.9 Å². The summed E-state index contributed by atoms with van der Waals surface area (Å²) in [5, 5.41) is 9.75. The molecule has 0 aliphatic heterocycles. The highest BCUT2D eigenvalue weighted by Crippen LogP contribution is 2.29. The fourth-order valence-corrected chi connectivity index (χ4v) is 2.52. The van der Waals surface area contributed by atoms with Gasteiger partial charge in [-0.25, -0.2) is 0 Å². The summed E-state index contributed by atoms with van der Waals surface area (Å²) in [4.78, 5) is 12.5. The summed E-state index contributed by atoms with van der Waals surface area (Å²) < 4.78 is 15.9. The number of carbonyl (C=O) groups is 1. The molecule has 7 nitrogen and oxygen atoms in total. The van der Waals surface area contributed by atoms with Crippen molar-refractivity contribution in [2.75, 3.05) is 14.2 Å². The van der Waals surface area contributed by atoms with Gasteiger partial charge in [0.25, 0.3) is 5.91 Å². The van der Waals surface area contributed by atoms with Crippen LogP contribution in [0.3, 0.4) is 0 Å². The normalized spacial score (nSPS) is 11.8. The molecule has 130 valence electrons. The first-order valence-corrected chi connectivity index (χ1v) is 7.74. The Morgan fingerprint density at radius 2 is 2.08 bits per heavy atom. The Hall–Kier alpha value is -3.22. The minimum absolute atomic E-state index is 0.278. The molecular formula is C18H19N3O4. The van der Waals surface area contributed by atoms with Gasteiger partial charge in [-0.2, -0.15) is 5.10 Å². The second-order valence-corrected chi connectivity index (χ2v) is 5.45. The van der Waals surface area contributed by atoms with Crippen molar-refractivity contribution >= 4 is 5.91 Å². The number of H-pyrrole nitrogens is 1. The van der Waals surface area contributed by atoms with E-state index in [0.717, 1.165) is 5.56 Å². The van der Waals surface area contributed by atoms with Gasteiger partial charge in [0.15, 0.2) is 11.5 Å². The number of carbonyl (C=O) groups excluding carboxylic acids is 1. The van der Waals surface area contributed by atoms with Crippen molar-refractivity contribution in [1.29, 1.82) is 0 Å². The molecule has 0 fully saturated rings. The Balaban J connectivity index is 1.77. The minimum atomic E-state index is -0.300. The molecule has 1 aromatic carbocycles. The highest BCUT2D eigenvalue weighted by molar-refractivity contribution is 5.93. The number of furan rings is 1. The molecule has 0 spiro atoms. The van der Waals surface area contributed by atoms with E-state index < -0.39 is 0 Å². The lowest BCUT2D eigenvalue weighted by molar-refractivity contribution is 0.0934. The van der Waals surface area contributed by atoms with E-state index in [-0.39, 0.29) is 17.6 Å². The van der Waals surface area contributed by atoms with E-state index in [1.54, 1.807) is 50.8 Å². The zero-order chi connectivity index (χ0) is 17.8. The number of amides is 1. The van der Waals surface area contributed by atoms with Crippen LogP contribution in [0.2, 0.25) is 0 Å². The molecule has 0 aliphatic carbocycles. The van der Waals surface area contributed by atoms with E-state index >= 15 is 0 Å². The van der Waals surface area contributed by atoms with Crippen molar-refractivity contribution in [3.8, 4) is 23.0 Å². The molecule has 0 bridgehead atoms. The van der Waals surface area contributed by atoms with Crippen LogP contribution in [0, 0.1) is 0 Å².